The third kappa shape index (κ3) is 4.31. The summed E-state index contributed by atoms with van der Waals surface area (Å²) >= 11 is 0. The van der Waals surface area contributed by atoms with Crippen LogP contribution < -0.4 is 5.73 Å². The van der Waals surface area contributed by atoms with Crippen LogP contribution in [-0.4, -0.2) is 24.5 Å². The lowest BCUT2D eigenvalue weighted by Gasteiger charge is -2.34. The van der Waals surface area contributed by atoms with Crippen LogP contribution in [0.1, 0.15) is 60.9 Å². The highest BCUT2D eigenvalue weighted by Crippen LogP contribution is 2.26. The molecule has 1 heterocycles. The van der Waals surface area contributed by atoms with Gasteiger partial charge in [0.1, 0.15) is 0 Å². The van der Waals surface area contributed by atoms with E-state index in [9.17, 15) is 0 Å². The first kappa shape index (κ1) is 16.5. The molecule has 0 amide bonds. The van der Waals surface area contributed by atoms with Crippen molar-refractivity contribution in [3.05, 3.63) is 34.4 Å². The van der Waals surface area contributed by atoms with E-state index in [4.69, 9.17) is 5.73 Å². The van der Waals surface area contributed by atoms with Crippen LogP contribution >= 0.6 is 0 Å². The molecular formula is C19H32N2. The Morgan fingerprint density at radius 3 is 2.24 bits per heavy atom. The van der Waals surface area contributed by atoms with Crippen LogP contribution in [0.5, 0.6) is 0 Å². The first-order chi connectivity index (χ1) is 10.0. The average Bonchev–Trinajstić information content (AvgIpc) is 2.40. The molecule has 1 fully saturated rings. The molecule has 0 aromatic heterocycles. The number of hydrogen-bond donors (Lipinski definition) is 1. The number of hydrogen-bond acceptors (Lipinski definition) is 2. The first-order valence-electron chi connectivity index (χ1n) is 8.57. The van der Waals surface area contributed by atoms with E-state index >= 15 is 0 Å². The fourth-order valence-corrected chi connectivity index (χ4v) is 4.01. The minimum Gasteiger partial charge on any atom is -0.323 e. The fraction of sp³-hybridized carbons (Fsp3) is 0.684. The molecule has 0 radical (unpaired) electrons. The molecule has 118 valence electrons. The Balaban J connectivity index is 1.95. The van der Waals surface area contributed by atoms with E-state index < -0.39 is 0 Å². The maximum atomic E-state index is 6.53. The van der Waals surface area contributed by atoms with Gasteiger partial charge in [0, 0.05) is 12.6 Å². The van der Waals surface area contributed by atoms with Crippen molar-refractivity contribution in [2.75, 3.05) is 19.6 Å². The second-order valence-electron chi connectivity index (χ2n) is 6.95. The number of likely N-dealkylation sites (tertiary alicyclic amines) is 1. The number of aryl methyl sites for hydroxylation is 3. The van der Waals surface area contributed by atoms with E-state index in [1.165, 1.54) is 61.0 Å². The van der Waals surface area contributed by atoms with Crippen molar-refractivity contribution >= 4 is 0 Å². The number of piperidine rings is 1. The summed E-state index contributed by atoms with van der Waals surface area (Å²) in [7, 11) is 0. The molecule has 21 heavy (non-hydrogen) atoms. The van der Waals surface area contributed by atoms with Gasteiger partial charge in [-0.15, -0.1) is 0 Å². The maximum absolute atomic E-state index is 6.53. The number of nitrogens with zero attached hydrogens (tertiary/aromatic N) is 1. The zero-order valence-corrected chi connectivity index (χ0v) is 14.3. The van der Waals surface area contributed by atoms with Crippen LogP contribution in [0, 0.1) is 26.7 Å². The van der Waals surface area contributed by atoms with E-state index in [0.29, 0.717) is 0 Å². The lowest BCUT2D eigenvalue weighted by molar-refractivity contribution is 0.170. The highest BCUT2D eigenvalue weighted by Gasteiger charge is 2.21. The smallest absolute Gasteiger partial charge is 0.0429 e. The molecule has 1 aliphatic rings. The van der Waals surface area contributed by atoms with Crippen molar-refractivity contribution in [3.63, 3.8) is 0 Å². The van der Waals surface area contributed by atoms with Crippen molar-refractivity contribution in [2.24, 2.45) is 11.7 Å². The van der Waals surface area contributed by atoms with Gasteiger partial charge in [-0.05, 0) is 69.3 Å². The molecular weight excluding hydrogens is 256 g/mol. The number of nitrogens with two attached hydrogens (primary N) is 1. The number of benzene rings is 1. The Labute approximate surface area is 130 Å². The lowest BCUT2D eigenvalue weighted by atomic mass is 9.91. The van der Waals surface area contributed by atoms with Crippen LogP contribution in [0.15, 0.2) is 12.1 Å². The van der Waals surface area contributed by atoms with Gasteiger partial charge in [-0.2, -0.15) is 0 Å². The molecule has 1 atom stereocenters. The standard InChI is InChI=1S/C19H32N2/c1-5-6-17-7-9-21(10-8-17)13-18(20)19-15(3)11-14(2)12-16(19)4/h11-12,17-18H,5-10,13,20H2,1-4H3. The van der Waals surface area contributed by atoms with Gasteiger partial charge in [-0.3, -0.25) is 0 Å². The molecule has 1 unspecified atom stereocenters. The predicted octanol–water partition coefficient (Wildman–Crippen LogP) is 4.12. The monoisotopic (exact) mass is 288 g/mol. The van der Waals surface area contributed by atoms with Gasteiger partial charge in [-0.1, -0.05) is 37.5 Å². The van der Waals surface area contributed by atoms with Gasteiger partial charge in [0.05, 0.1) is 0 Å². The van der Waals surface area contributed by atoms with Gasteiger partial charge in [-0.25, -0.2) is 0 Å². The minimum atomic E-state index is 0.147. The van der Waals surface area contributed by atoms with E-state index in [1.807, 2.05) is 0 Å². The summed E-state index contributed by atoms with van der Waals surface area (Å²) in [4.78, 5) is 2.57. The molecule has 1 aromatic rings. The van der Waals surface area contributed by atoms with Crippen molar-refractivity contribution < 1.29 is 0 Å². The maximum Gasteiger partial charge on any atom is 0.0429 e. The minimum absolute atomic E-state index is 0.147. The third-order valence-corrected chi connectivity index (χ3v) is 4.97. The van der Waals surface area contributed by atoms with Crippen molar-refractivity contribution in [1.82, 2.24) is 4.90 Å². The van der Waals surface area contributed by atoms with E-state index in [1.54, 1.807) is 0 Å². The summed E-state index contributed by atoms with van der Waals surface area (Å²) in [6.45, 7) is 12.3. The van der Waals surface area contributed by atoms with E-state index in [0.717, 1.165) is 12.5 Å². The fourth-order valence-electron chi connectivity index (χ4n) is 4.01. The Morgan fingerprint density at radius 2 is 1.71 bits per heavy atom. The summed E-state index contributed by atoms with van der Waals surface area (Å²) in [5.74, 6) is 0.949. The summed E-state index contributed by atoms with van der Waals surface area (Å²) in [6.07, 6.45) is 5.43. The van der Waals surface area contributed by atoms with Gasteiger partial charge in [0.2, 0.25) is 0 Å². The highest BCUT2D eigenvalue weighted by molar-refractivity contribution is 5.39. The lowest BCUT2D eigenvalue weighted by Crippen LogP contribution is -2.38. The van der Waals surface area contributed by atoms with Gasteiger partial charge in [0.25, 0.3) is 0 Å². The molecule has 0 saturated carbocycles. The quantitative estimate of drug-likeness (QED) is 0.883. The summed E-state index contributed by atoms with van der Waals surface area (Å²) in [6, 6.07) is 4.67. The van der Waals surface area contributed by atoms with Crippen LogP contribution in [0.3, 0.4) is 0 Å². The topological polar surface area (TPSA) is 29.3 Å². The van der Waals surface area contributed by atoms with Gasteiger partial charge in [0.15, 0.2) is 0 Å². The summed E-state index contributed by atoms with van der Waals surface area (Å²) < 4.78 is 0. The van der Waals surface area contributed by atoms with E-state index in [2.05, 4.69) is 44.7 Å². The van der Waals surface area contributed by atoms with Crippen molar-refractivity contribution in [2.45, 2.75) is 59.4 Å². The Hall–Kier alpha value is -0.860. The Morgan fingerprint density at radius 1 is 1.14 bits per heavy atom. The van der Waals surface area contributed by atoms with Gasteiger partial charge >= 0.3 is 0 Å². The molecule has 2 nitrogen and oxygen atoms in total. The molecule has 0 aliphatic carbocycles. The van der Waals surface area contributed by atoms with Crippen molar-refractivity contribution in [3.8, 4) is 0 Å². The molecule has 1 aliphatic heterocycles. The zero-order chi connectivity index (χ0) is 15.4. The molecule has 0 spiro atoms. The van der Waals surface area contributed by atoms with Crippen molar-refractivity contribution in [1.29, 1.82) is 0 Å². The van der Waals surface area contributed by atoms with E-state index in [-0.39, 0.29) is 6.04 Å². The SMILES string of the molecule is CCCC1CCN(CC(N)c2c(C)cc(C)cc2C)CC1. The van der Waals surface area contributed by atoms with Crippen LogP contribution in [0.25, 0.3) is 0 Å². The predicted molar refractivity (Wildman–Crippen MR) is 91.7 cm³/mol. The molecule has 2 rings (SSSR count). The normalized spacial score (nSPS) is 18.9. The zero-order valence-electron chi connectivity index (χ0n) is 14.3. The molecule has 1 aromatic carbocycles. The highest BCUT2D eigenvalue weighted by atomic mass is 15.1. The Kier molecular flexibility index (Phi) is 5.83. The summed E-state index contributed by atoms with van der Waals surface area (Å²) in [5, 5.41) is 0. The summed E-state index contributed by atoms with van der Waals surface area (Å²) in [5.41, 5.74) is 11.9. The molecule has 1 saturated heterocycles. The first-order valence-corrected chi connectivity index (χ1v) is 8.57. The average molecular weight is 288 g/mol. The molecule has 2 N–H and O–H groups in total. The van der Waals surface area contributed by atoms with Crippen LogP contribution in [0.2, 0.25) is 0 Å². The second kappa shape index (κ2) is 7.42. The second-order valence-corrected chi connectivity index (χ2v) is 6.95. The third-order valence-electron chi connectivity index (χ3n) is 4.97. The Bertz CT molecular complexity index is 436. The van der Waals surface area contributed by atoms with Crippen LogP contribution in [0.4, 0.5) is 0 Å². The largest absolute Gasteiger partial charge is 0.323 e. The molecule has 2 heteroatoms. The van der Waals surface area contributed by atoms with Gasteiger partial charge < -0.3 is 10.6 Å². The van der Waals surface area contributed by atoms with Crippen LogP contribution in [-0.2, 0) is 0 Å². The molecule has 0 bridgehead atoms. The number of rotatable bonds is 5.